The van der Waals surface area contributed by atoms with Gasteiger partial charge in [0, 0.05) is 31.7 Å². The molecule has 0 saturated heterocycles. The zero-order valence-corrected chi connectivity index (χ0v) is 11.0. The topological polar surface area (TPSA) is 41.9 Å². The first-order valence-electron chi connectivity index (χ1n) is 5.84. The molecule has 0 bridgehead atoms. The average Bonchev–Trinajstić information content (AvgIpc) is 2.46. The van der Waals surface area contributed by atoms with E-state index in [4.69, 9.17) is 11.6 Å². The van der Waals surface area contributed by atoms with Crippen molar-refractivity contribution < 1.29 is 0 Å². The summed E-state index contributed by atoms with van der Waals surface area (Å²) in [7, 11) is 0. The summed E-state index contributed by atoms with van der Waals surface area (Å²) in [4.78, 5) is 14.8. The van der Waals surface area contributed by atoms with Gasteiger partial charge in [-0.3, -0.25) is 9.97 Å². The van der Waals surface area contributed by atoms with E-state index in [2.05, 4.69) is 26.8 Å². The van der Waals surface area contributed by atoms with E-state index in [0.717, 1.165) is 24.6 Å². The minimum Gasteiger partial charge on any atom is -0.351 e. The fraction of sp³-hybridized carbons (Fsp3) is 0.308. The second-order valence-electron chi connectivity index (χ2n) is 3.87. The Hall–Kier alpha value is -1.68. The maximum atomic E-state index is 5.78. The molecule has 0 fully saturated rings. The predicted octanol–water partition coefficient (Wildman–Crippen LogP) is 2.64. The molecule has 2 aromatic rings. The molecule has 0 atom stereocenters. The number of aromatic nitrogens is 3. The van der Waals surface area contributed by atoms with Crippen LogP contribution in [-0.4, -0.2) is 21.5 Å². The molecule has 0 amide bonds. The summed E-state index contributed by atoms with van der Waals surface area (Å²) in [6, 6.07) is 4.00. The Morgan fingerprint density at radius 1 is 1.17 bits per heavy atom. The van der Waals surface area contributed by atoms with E-state index in [0.29, 0.717) is 5.88 Å². The highest BCUT2D eigenvalue weighted by atomic mass is 35.5. The Morgan fingerprint density at radius 2 is 1.94 bits per heavy atom. The zero-order valence-electron chi connectivity index (χ0n) is 10.3. The number of pyridine rings is 1. The minimum atomic E-state index is 0.383. The van der Waals surface area contributed by atoms with Crippen molar-refractivity contribution in [3.05, 3.63) is 48.2 Å². The first-order chi connectivity index (χ1) is 8.83. The minimum absolute atomic E-state index is 0.383. The molecule has 0 spiro atoms. The number of alkyl halides is 1. The third-order valence-electron chi connectivity index (χ3n) is 2.64. The second kappa shape index (κ2) is 6.31. The van der Waals surface area contributed by atoms with Gasteiger partial charge in [-0.05, 0) is 24.6 Å². The van der Waals surface area contributed by atoms with Gasteiger partial charge in [-0.1, -0.05) is 0 Å². The second-order valence-corrected chi connectivity index (χ2v) is 4.14. The van der Waals surface area contributed by atoms with E-state index >= 15 is 0 Å². The van der Waals surface area contributed by atoms with E-state index in [-0.39, 0.29) is 0 Å². The standard InChI is InChI=1S/C13H15ClN4/c1-2-18(10-11-3-5-15-6-4-11)13-9-16-8-12(7-14)17-13/h3-6,8-9H,2,7,10H2,1H3. The first-order valence-corrected chi connectivity index (χ1v) is 6.37. The summed E-state index contributed by atoms with van der Waals surface area (Å²) in [6.07, 6.45) is 7.05. The third-order valence-corrected chi connectivity index (χ3v) is 2.91. The fourth-order valence-corrected chi connectivity index (χ4v) is 1.80. The SMILES string of the molecule is CCN(Cc1ccncc1)c1cncc(CCl)n1. The van der Waals surface area contributed by atoms with Crippen molar-refractivity contribution in [1.82, 2.24) is 15.0 Å². The lowest BCUT2D eigenvalue weighted by Gasteiger charge is -2.21. The van der Waals surface area contributed by atoms with E-state index < -0.39 is 0 Å². The zero-order chi connectivity index (χ0) is 12.8. The summed E-state index contributed by atoms with van der Waals surface area (Å²) < 4.78 is 0. The lowest BCUT2D eigenvalue weighted by atomic mass is 10.2. The summed E-state index contributed by atoms with van der Waals surface area (Å²) in [5.41, 5.74) is 1.99. The highest BCUT2D eigenvalue weighted by Gasteiger charge is 2.07. The van der Waals surface area contributed by atoms with Gasteiger partial charge in [0.05, 0.1) is 17.8 Å². The van der Waals surface area contributed by atoms with Crippen LogP contribution in [0.2, 0.25) is 0 Å². The van der Waals surface area contributed by atoms with Crippen molar-refractivity contribution >= 4 is 17.4 Å². The average molecular weight is 263 g/mol. The van der Waals surface area contributed by atoms with Crippen LogP contribution in [0, 0.1) is 0 Å². The van der Waals surface area contributed by atoms with Crippen LogP contribution in [0.4, 0.5) is 5.82 Å². The van der Waals surface area contributed by atoms with Crippen molar-refractivity contribution in [2.75, 3.05) is 11.4 Å². The number of nitrogens with zero attached hydrogens (tertiary/aromatic N) is 4. The fourth-order valence-electron chi connectivity index (χ4n) is 1.67. The van der Waals surface area contributed by atoms with Gasteiger partial charge in [-0.25, -0.2) is 4.98 Å². The molecule has 0 aliphatic carbocycles. The molecule has 2 rings (SSSR count). The lowest BCUT2D eigenvalue weighted by molar-refractivity contribution is 0.803. The molecule has 0 radical (unpaired) electrons. The molecule has 94 valence electrons. The Morgan fingerprint density at radius 3 is 2.61 bits per heavy atom. The van der Waals surface area contributed by atoms with Crippen molar-refractivity contribution in [3.63, 3.8) is 0 Å². The highest BCUT2D eigenvalue weighted by molar-refractivity contribution is 6.16. The number of rotatable bonds is 5. The summed E-state index contributed by atoms with van der Waals surface area (Å²) in [5, 5.41) is 0. The highest BCUT2D eigenvalue weighted by Crippen LogP contribution is 2.14. The lowest BCUT2D eigenvalue weighted by Crippen LogP contribution is -2.23. The van der Waals surface area contributed by atoms with E-state index in [1.54, 1.807) is 24.8 Å². The first kappa shape index (κ1) is 12.8. The Kier molecular flexibility index (Phi) is 4.47. The van der Waals surface area contributed by atoms with Gasteiger partial charge in [0.25, 0.3) is 0 Å². The molecular weight excluding hydrogens is 248 g/mol. The molecular formula is C13H15ClN4. The van der Waals surface area contributed by atoms with Crippen LogP contribution in [-0.2, 0) is 12.4 Å². The molecule has 0 unspecified atom stereocenters. The summed E-state index contributed by atoms with van der Waals surface area (Å²) in [6.45, 7) is 3.75. The molecule has 2 aromatic heterocycles. The summed E-state index contributed by atoms with van der Waals surface area (Å²) in [5.74, 6) is 1.24. The van der Waals surface area contributed by atoms with Crippen LogP contribution in [0.5, 0.6) is 0 Å². The van der Waals surface area contributed by atoms with Gasteiger partial charge in [0.15, 0.2) is 0 Å². The van der Waals surface area contributed by atoms with E-state index in [9.17, 15) is 0 Å². The van der Waals surface area contributed by atoms with Crippen LogP contribution in [0.15, 0.2) is 36.9 Å². The number of hydrogen-bond acceptors (Lipinski definition) is 4. The van der Waals surface area contributed by atoms with Gasteiger partial charge < -0.3 is 4.90 Å². The Labute approximate surface area is 112 Å². The van der Waals surface area contributed by atoms with Gasteiger partial charge in [-0.15, -0.1) is 11.6 Å². The van der Waals surface area contributed by atoms with Crippen molar-refractivity contribution in [2.45, 2.75) is 19.3 Å². The van der Waals surface area contributed by atoms with Crippen molar-refractivity contribution in [2.24, 2.45) is 0 Å². The van der Waals surface area contributed by atoms with Gasteiger partial charge in [0.1, 0.15) is 5.82 Å². The molecule has 0 N–H and O–H groups in total. The van der Waals surface area contributed by atoms with Gasteiger partial charge >= 0.3 is 0 Å². The number of hydrogen-bond donors (Lipinski definition) is 0. The summed E-state index contributed by atoms with van der Waals surface area (Å²) >= 11 is 5.78. The van der Waals surface area contributed by atoms with Crippen LogP contribution < -0.4 is 4.90 Å². The maximum Gasteiger partial charge on any atom is 0.147 e. The molecule has 4 nitrogen and oxygen atoms in total. The van der Waals surface area contributed by atoms with Crippen molar-refractivity contribution in [1.29, 1.82) is 0 Å². The van der Waals surface area contributed by atoms with Crippen LogP contribution in [0.1, 0.15) is 18.2 Å². The molecule has 0 saturated carbocycles. The Bertz CT molecular complexity index is 489. The molecule has 2 heterocycles. The molecule has 0 aliphatic rings. The smallest absolute Gasteiger partial charge is 0.147 e. The largest absolute Gasteiger partial charge is 0.351 e. The quantitative estimate of drug-likeness (QED) is 0.777. The van der Waals surface area contributed by atoms with Gasteiger partial charge in [-0.2, -0.15) is 0 Å². The number of anilines is 1. The number of halogens is 1. The van der Waals surface area contributed by atoms with Crippen molar-refractivity contribution in [3.8, 4) is 0 Å². The molecule has 18 heavy (non-hydrogen) atoms. The normalized spacial score (nSPS) is 10.3. The van der Waals surface area contributed by atoms with Gasteiger partial charge in [0.2, 0.25) is 0 Å². The third kappa shape index (κ3) is 3.17. The van der Waals surface area contributed by atoms with Crippen LogP contribution in [0.25, 0.3) is 0 Å². The monoisotopic (exact) mass is 262 g/mol. The van der Waals surface area contributed by atoms with Crippen LogP contribution in [0.3, 0.4) is 0 Å². The maximum absolute atomic E-state index is 5.78. The molecule has 5 heteroatoms. The molecule has 0 aliphatic heterocycles. The Balaban J connectivity index is 2.17. The molecule has 0 aromatic carbocycles. The predicted molar refractivity (Wildman–Crippen MR) is 72.6 cm³/mol. The van der Waals surface area contributed by atoms with E-state index in [1.165, 1.54) is 5.56 Å². The van der Waals surface area contributed by atoms with Crippen LogP contribution >= 0.6 is 11.6 Å². The van der Waals surface area contributed by atoms with E-state index in [1.807, 2.05) is 12.1 Å².